The number of esters is 1. The topological polar surface area (TPSA) is 72.1 Å². The van der Waals surface area contributed by atoms with E-state index < -0.39 is 5.97 Å². The number of rotatable bonds is 4. The van der Waals surface area contributed by atoms with Crippen LogP contribution in [0, 0.1) is 23.2 Å². The van der Waals surface area contributed by atoms with E-state index >= 15 is 0 Å². The first-order valence-electron chi connectivity index (χ1n) is 9.26. The summed E-state index contributed by atoms with van der Waals surface area (Å²) in [6.45, 7) is -0.119. The predicted molar refractivity (Wildman–Crippen MR) is 92.0 cm³/mol. The average molecular weight is 338 g/mol. The lowest BCUT2D eigenvalue weighted by molar-refractivity contribution is -0.147. The number of carbonyl (C=O) groups excluding carboxylic acids is 2. The Morgan fingerprint density at radius 3 is 2.40 bits per heavy atom. The molecule has 4 fully saturated rings. The number of hydrogen-bond acceptors (Lipinski definition) is 4. The third-order valence-corrected chi connectivity index (χ3v) is 6.63. The number of para-hydroxylation sites is 1. The minimum absolute atomic E-state index is 0.119. The van der Waals surface area contributed by atoms with Crippen LogP contribution in [0.3, 0.4) is 0 Å². The fraction of sp³-hybridized carbons (Fsp3) is 0.550. The molecule has 5 nitrogen and oxygen atoms in total. The number of benzene rings is 1. The number of nitrogens with zero attached hydrogens (tertiary/aromatic N) is 1. The largest absolute Gasteiger partial charge is 0.453 e. The predicted octanol–water partition coefficient (Wildman–Crippen LogP) is 3.51. The first-order valence-corrected chi connectivity index (χ1v) is 9.26. The van der Waals surface area contributed by atoms with E-state index in [1.807, 2.05) is 24.3 Å². The van der Waals surface area contributed by atoms with Gasteiger partial charge in [0.2, 0.25) is 0 Å². The molecule has 4 saturated carbocycles. The second-order valence-corrected chi connectivity index (χ2v) is 8.31. The Balaban J connectivity index is 1.30. The monoisotopic (exact) mass is 338 g/mol. The molecule has 0 saturated heterocycles. The summed E-state index contributed by atoms with van der Waals surface area (Å²) in [7, 11) is 0. The highest BCUT2D eigenvalue weighted by atomic mass is 16.5. The van der Waals surface area contributed by atoms with Gasteiger partial charge < -0.3 is 4.74 Å². The molecule has 4 aliphatic carbocycles. The standard InChI is InChI=1S/C20H22N2O3/c23-17(20-8-12-5-13(9-20)7-14(6-12)10-20)11-25-19(24)18-15-3-1-2-4-16(15)21-22-18/h1-4,12-14H,5-11H2,(H,21,22). The number of fused-ring (bicyclic) bond motifs is 1. The molecular formula is C20H22N2O3. The normalized spacial score (nSPS) is 32.9. The highest BCUT2D eigenvalue weighted by Crippen LogP contribution is 2.60. The summed E-state index contributed by atoms with van der Waals surface area (Å²) in [5.74, 6) is 1.74. The molecule has 1 N–H and O–H groups in total. The van der Waals surface area contributed by atoms with Gasteiger partial charge in [-0.15, -0.1) is 0 Å². The summed E-state index contributed by atoms with van der Waals surface area (Å²) < 4.78 is 5.37. The molecule has 0 radical (unpaired) electrons. The van der Waals surface area contributed by atoms with Gasteiger partial charge in [-0.05, 0) is 62.3 Å². The van der Waals surface area contributed by atoms with E-state index in [2.05, 4.69) is 10.2 Å². The van der Waals surface area contributed by atoms with Crippen molar-refractivity contribution in [2.24, 2.45) is 23.2 Å². The molecule has 4 aliphatic rings. The van der Waals surface area contributed by atoms with Crippen LogP contribution in [0.1, 0.15) is 49.0 Å². The smallest absolute Gasteiger partial charge is 0.359 e. The SMILES string of the molecule is O=C(OCC(=O)C12CC3CC(CC(C3)C1)C2)c1n[nH]c2ccccc12. The number of hydrogen-bond donors (Lipinski definition) is 1. The molecule has 1 aromatic heterocycles. The van der Waals surface area contributed by atoms with Crippen molar-refractivity contribution in [2.75, 3.05) is 6.61 Å². The van der Waals surface area contributed by atoms with Crippen molar-refractivity contribution >= 4 is 22.7 Å². The molecular weight excluding hydrogens is 316 g/mol. The summed E-state index contributed by atoms with van der Waals surface area (Å²) in [5, 5.41) is 7.62. The highest BCUT2D eigenvalue weighted by Gasteiger charge is 2.54. The molecule has 0 spiro atoms. The van der Waals surface area contributed by atoms with E-state index in [9.17, 15) is 9.59 Å². The van der Waals surface area contributed by atoms with Gasteiger partial charge in [0.25, 0.3) is 0 Å². The molecule has 6 rings (SSSR count). The highest BCUT2D eigenvalue weighted by molar-refractivity contribution is 6.02. The van der Waals surface area contributed by atoms with Gasteiger partial charge in [-0.1, -0.05) is 18.2 Å². The number of aromatic amines is 1. The van der Waals surface area contributed by atoms with Gasteiger partial charge in [-0.3, -0.25) is 9.89 Å². The Kier molecular flexibility index (Phi) is 3.27. The Hall–Kier alpha value is -2.17. The second-order valence-electron chi connectivity index (χ2n) is 8.31. The number of carbonyl (C=O) groups is 2. The maximum Gasteiger partial charge on any atom is 0.359 e. The van der Waals surface area contributed by atoms with E-state index in [1.165, 1.54) is 19.3 Å². The lowest BCUT2D eigenvalue weighted by Gasteiger charge is -2.55. The van der Waals surface area contributed by atoms with Crippen molar-refractivity contribution in [3.8, 4) is 0 Å². The van der Waals surface area contributed by atoms with E-state index in [4.69, 9.17) is 4.74 Å². The fourth-order valence-electron chi connectivity index (χ4n) is 5.92. The van der Waals surface area contributed by atoms with Gasteiger partial charge in [0.05, 0.1) is 5.52 Å². The number of H-pyrrole nitrogens is 1. The second kappa shape index (κ2) is 5.41. The van der Waals surface area contributed by atoms with Crippen molar-refractivity contribution in [2.45, 2.75) is 38.5 Å². The zero-order valence-electron chi connectivity index (χ0n) is 14.2. The summed E-state index contributed by atoms with van der Waals surface area (Å²) in [6.07, 6.45) is 6.89. The van der Waals surface area contributed by atoms with Crippen LogP contribution in [0.2, 0.25) is 0 Å². The van der Waals surface area contributed by atoms with E-state index in [-0.39, 0.29) is 23.5 Å². The summed E-state index contributed by atoms with van der Waals surface area (Å²) in [4.78, 5) is 25.3. The number of aromatic nitrogens is 2. The van der Waals surface area contributed by atoms with Crippen molar-refractivity contribution in [3.63, 3.8) is 0 Å². The van der Waals surface area contributed by atoms with Gasteiger partial charge in [0.1, 0.15) is 0 Å². The number of Topliss-reactive ketones (excluding diaryl/α,β-unsaturated/α-hetero) is 1. The molecule has 1 aromatic carbocycles. The lowest BCUT2D eigenvalue weighted by atomic mass is 9.48. The molecule has 0 unspecified atom stereocenters. The summed E-state index contributed by atoms with van der Waals surface area (Å²) >= 11 is 0. The van der Waals surface area contributed by atoms with Crippen molar-refractivity contribution in [1.29, 1.82) is 0 Å². The molecule has 25 heavy (non-hydrogen) atoms. The molecule has 0 atom stereocenters. The molecule has 2 aromatic rings. The average Bonchev–Trinajstić information content (AvgIpc) is 3.02. The molecule has 0 amide bonds. The lowest BCUT2D eigenvalue weighted by Crippen LogP contribution is -2.51. The van der Waals surface area contributed by atoms with Crippen LogP contribution in [0.4, 0.5) is 0 Å². The number of ether oxygens (including phenoxy) is 1. The van der Waals surface area contributed by atoms with E-state index in [1.54, 1.807) is 0 Å². The minimum Gasteiger partial charge on any atom is -0.453 e. The maximum absolute atomic E-state index is 12.9. The van der Waals surface area contributed by atoms with Crippen LogP contribution in [-0.4, -0.2) is 28.6 Å². The maximum atomic E-state index is 12.9. The Bertz CT molecular complexity index is 818. The number of nitrogens with one attached hydrogen (secondary N) is 1. The Labute approximate surface area is 146 Å². The first kappa shape index (κ1) is 15.1. The van der Waals surface area contributed by atoms with Gasteiger partial charge in [0.15, 0.2) is 18.1 Å². The van der Waals surface area contributed by atoms with Crippen molar-refractivity contribution < 1.29 is 14.3 Å². The van der Waals surface area contributed by atoms with Crippen LogP contribution >= 0.6 is 0 Å². The molecule has 1 heterocycles. The molecule has 130 valence electrons. The molecule has 4 bridgehead atoms. The van der Waals surface area contributed by atoms with E-state index in [0.717, 1.165) is 30.2 Å². The van der Waals surface area contributed by atoms with Gasteiger partial charge in [0, 0.05) is 10.8 Å². The van der Waals surface area contributed by atoms with Crippen molar-refractivity contribution in [3.05, 3.63) is 30.0 Å². The van der Waals surface area contributed by atoms with Crippen LogP contribution < -0.4 is 0 Å². The fourth-order valence-corrected chi connectivity index (χ4v) is 5.92. The van der Waals surface area contributed by atoms with Crippen molar-refractivity contribution in [1.82, 2.24) is 10.2 Å². The number of ketones is 1. The van der Waals surface area contributed by atoms with Gasteiger partial charge >= 0.3 is 5.97 Å². The summed E-state index contributed by atoms with van der Waals surface area (Å²) in [5.41, 5.74) is 0.832. The minimum atomic E-state index is -0.518. The Morgan fingerprint density at radius 2 is 1.72 bits per heavy atom. The third-order valence-electron chi connectivity index (χ3n) is 6.63. The van der Waals surface area contributed by atoms with Crippen LogP contribution in [0.15, 0.2) is 24.3 Å². The Morgan fingerprint density at radius 1 is 1.08 bits per heavy atom. The quantitative estimate of drug-likeness (QED) is 0.866. The van der Waals surface area contributed by atoms with Crippen LogP contribution in [0.5, 0.6) is 0 Å². The molecule has 5 heteroatoms. The molecule has 0 aliphatic heterocycles. The van der Waals surface area contributed by atoms with Crippen LogP contribution in [-0.2, 0) is 9.53 Å². The summed E-state index contributed by atoms with van der Waals surface area (Å²) in [6, 6.07) is 7.43. The first-order chi connectivity index (χ1) is 12.1. The van der Waals surface area contributed by atoms with Gasteiger partial charge in [-0.25, -0.2) is 4.79 Å². The van der Waals surface area contributed by atoms with Crippen LogP contribution in [0.25, 0.3) is 10.9 Å². The van der Waals surface area contributed by atoms with Gasteiger partial charge in [-0.2, -0.15) is 5.10 Å². The zero-order valence-corrected chi connectivity index (χ0v) is 14.2. The van der Waals surface area contributed by atoms with E-state index in [0.29, 0.717) is 17.8 Å². The third kappa shape index (κ3) is 2.40. The zero-order chi connectivity index (χ0) is 17.0.